The van der Waals surface area contributed by atoms with Crippen LogP contribution in [0.2, 0.25) is 0 Å². The number of nitriles is 1. The van der Waals surface area contributed by atoms with Crippen LogP contribution in [0.1, 0.15) is 51.5 Å². The summed E-state index contributed by atoms with van der Waals surface area (Å²) in [5.41, 5.74) is 0.872. The number of hydrogen-bond acceptors (Lipinski definition) is 6. The highest BCUT2D eigenvalue weighted by Crippen LogP contribution is 2.33. The minimum Gasteiger partial charge on any atom is -0.393 e. The zero-order valence-electron chi connectivity index (χ0n) is 13.9. The van der Waals surface area contributed by atoms with Crippen LogP contribution in [-0.2, 0) is 14.3 Å². The molecule has 1 atom stereocenters. The first kappa shape index (κ1) is 20.3. The first-order chi connectivity index (χ1) is 11.4. The molecule has 1 aromatic carbocycles. The van der Waals surface area contributed by atoms with Crippen molar-refractivity contribution in [2.45, 2.75) is 50.7 Å². The molecule has 0 aromatic heterocycles. The molecular weight excluding hydrogens is 342 g/mol. The zero-order chi connectivity index (χ0) is 18.0. The van der Waals surface area contributed by atoms with Crippen molar-refractivity contribution in [3.8, 4) is 6.07 Å². The van der Waals surface area contributed by atoms with E-state index in [1.54, 1.807) is 6.92 Å². The maximum atomic E-state index is 11.7. The van der Waals surface area contributed by atoms with Crippen LogP contribution < -0.4 is 0 Å². The highest BCUT2D eigenvalue weighted by molar-refractivity contribution is 8.24. The second-order valence-corrected chi connectivity index (χ2v) is 7.73. The molecule has 6 heteroatoms. The Hall–Kier alpha value is -1.71. The number of hydrogen-bond donors (Lipinski definition) is 0. The van der Waals surface area contributed by atoms with Gasteiger partial charge in [-0.25, -0.2) is 0 Å². The molecule has 0 aliphatic carbocycles. The number of ether oxygens (including phenoxy) is 1. The smallest absolute Gasteiger partial charge is 0.313 e. The number of esters is 2. The van der Waals surface area contributed by atoms with E-state index in [0.29, 0.717) is 10.6 Å². The van der Waals surface area contributed by atoms with Crippen LogP contribution in [0.5, 0.6) is 0 Å². The van der Waals surface area contributed by atoms with E-state index in [1.807, 2.05) is 37.3 Å². The highest BCUT2D eigenvalue weighted by atomic mass is 32.2. The van der Waals surface area contributed by atoms with Gasteiger partial charge in [0.15, 0.2) is 0 Å². The number of carbonyl (C=O) groups excluding carboxylic acids is 2. The Balaban J connectivity index is 2.53. The average molecular weight is 364 g/mol. The van der Waals surface area contributed by atoms with Crippen molar-refractivity contribution in [3.63, 3.8) is 0 Å². The number of carbonyl (C=O) groups is 2. The van der Waals surface area contributed by atoms with Gasteiger partial charge in [-0.05, 0) is 25.3 Å². The van der Waals surface area contributed by atoms with Gasteiger partial charge < -0.3 is 4.74 Å². The van der Waals surface area contributed by atoms with E-state index in [4.69, 9.17) is 17.0 Å². The third kappa shape index (κ3) is 7.24. The van der Waals surface area contributed by atoms with Crippen LogP contribution in [0.4, 0.5) is 0 Å². The predicted octanol–water partition coefficient (Wildman–Crippen LogP) is 4.42. The van der Waals surface area contributed by atoms with Crippen LogP contribution in [0.25, 0.3) is 0 Å². The lowest BCUT2D eigenvalue weighted by atomic mass is 10.1. The van der Waals surface area contributed by atoms with Crippen molar-refractivity contribution < 1.29 is 14.3 Å². The molecule has 0 spiro atoms. The van der Waals surface area contributed by atoms with Crippen molar-refractivity contribution in [1.29, 1.82) is 5.26 Å². The minimum atomic E-state index is -0.849. The SMILES string of the molecule is CCCCC(=O)OC(=O)CCC(C)(C#N)SC(=S)c1ccccc1. The van der Waals surface area contributed by atoms with Crippen LogP contribution >= 0.6 is 24.0 Å². The van der Waals surface area contributed by atoms with E-state index in [2.05, 4.69) is 6.07 Å². The Morgan fingerprint density at radius 2 is 1.88 bits per heavy atom. The van der Waals surface area contributed by atoms with E-state index in [9.17, 15) is 14.9 Å². The standard InChI is InChI=1S/C18H21NO3S2/c1-3-4-10-15(20)22-16(21)11-12-18(2,13-19)24-17(23)14-8-6-5-7-9-14/h5-9H,3-4,10-12H2,1-2H3. The summed E-state index contributed by atoms with van der Waals surface area (Å²) in [6.45, 7) is 3.69. The molecule has 0 N–H and O–H groups in total. The quantitative estimate of drug-likeness (QED) is 0.387. The molecule has 0 heterocycles. The fourth-order valence-corrected chi connectivity index (χ4v) is 3.46. The van der Waals surface area contributed by atoms with Gasteiger partial charge in [0.25, 0.3) is 0 Å². The minimum absolute atomic E-state index is 0.00628. The summed E-state index contributed by atoms with van der Waals surface area (Å²) in [5.74, 6) is -1.10. The largest absolute Gasteiger partial charge is 0.393 e. The van der Waals surface area contributed by atoms with Gasteiger partial charge in [0, 0.05) is 12.8 Å². The van der Waals surface area contributed by atoms with E-state index < -0.39 is 16.7 Å². The molecule has 4 nitrogen and oxygen atoms in total. The monoisotopic (exact) mass is 363 g/mol. The highest BCUT2D eigenvalue weighted by Gasteiger charge is 2.28. The maximum absolute atomic E-state index is 11.7. The number of unbranched alkanes of at least 4 members (excludes halogenated alkanes) is 1. The lowest BCUT2D eigenvalue weighted by Gasteiger charge is -2.20. The average Bonchev–Trinajstić information content (AvgIpc) is 2.59. The molecule has 1 rings (SSSR count). The normalized spacial score (nSPS) is 12.7. The number of benzene rings is 1. The van der Waals surface area contributed by atoms with Gasteiger partial charge in [-0.2, -0.15) is 5.26 Å². The lowest BCUT2D eigenvalue weighted by Crippen LogP contribution is -2.22. The number of thioether (sulfide) groups is 1. The van der Waals surface area contributed by atoms with Crippen LogP contribution in [0, 0.1) is 11.3 Å². The first-order valence-electron chi connectivity index (χ1n) is 7.83. The topological polar surface area (TPSA) is 67.2 Å². The Labute approximate surface area is 152 Å². The summed E-state index contributed by atoms with van der Waals surface area (Å²) in [6, 6.07) is 11.6. The second kappa shape index (κ2) is 10.2. The number of rotatable bonds is 8. The zero-order valence-corrected chi connectivity index (χ0v) is 15.5. The van der Waals surface area contributed by atoms with E-state index >= 15 is 0 Å². The van der Waals surface area contributed by atoms with Gasteiger partial charge in [0.05, 0.1) is 10.3 Å². The van der Waals surface area contributed by atoms with Gasteiger partial charge in [0.2, 0.25) is 0 Å². The van der Waals surface area contributed by atoms with Gasteiger partial charge >= 0.3 is 11.9 Å². The summed E-state index contributed by atoms with van der Waals surface area (Å²) < 4.78 is 4.51. The number of nitrogens with zero attached hydrogens (tertiary/aromatic N) is 1. The Morgan fingerprint density at radius 3 is 2.46 bits per heavy atom. The van der Waals surface area contributed by atoms with Crippen molar-refractivity contribution in [2.75, 3.05) is 0 Å². The van der Waals surface area contributed by atoms with Gasteiger partial charge in [0.1, 0.15) is 4.75 Å². The molecule has 0 saturated heterocycles. The van der Waals surface area contributed by atoms with E-state index in [0.717, 1.165) is 12.0 Å². The summed E-state index contributed by atoms with van der Waals surface area (Å²) in [7, 11) is 0. The molecule has 1 unspecified atom stereocenters. The Bertz CT molecular complexity index is 625. The summed E-state index contributed by atoms with van der Waals surface area (Å²) in [5, 5.41) is 9.44. The van der Waals surface area contributed by atoms with Crippen LogP contribution in [-0.4, -0.2) is 20.9 Å². The summed E-state index contributed by atoms with van der Waals surface area (Å²) >= 11 is 6.63. The van der Waals surface area contributed by atoms with Crippen LogP contribution in [0.3, 0.4) is 0 Å². The number of thiocarbonyl (C=S) groups is 1. The predicted molar refractivity (Wildman–Crippen MR) is 99.6 cm³/mol. The molecule has 0 saturated carbocycles. The van der Waals surface area contributed by atoms with Crippen molar-refractivity contribution in [2.24, 2.45) is 0 Å². The summed E-state index contributed by atoms with van der Waals surface area (Å²) in [4.78, 5) is 23.2. The Kier molecular flexibility index (Phi) is 8.66. The van der Waals surface area contributed by atoms with Crippen LogP contribution in [0.15, 0.2) is 30.3 Å². The molecule has 0 bridgehead atoms. The van der Waals surface area contributed by atoms with Crippen molar-refractivity contribution in [1.82, 2.24) is 0 Å². The molecule has 128 valence electrons. The van der Waals surface area contributed by atoms with Gasteiger partial charge in [-0.1, -0.05) is 67.7 Å². The van der Waals surface area contributed by atoms with Gasteiger partial charge in [-0.3, -0.25) is 9.59 Å². The van der Waals surface area contributed by atoms with Gasteiger partial charge in [-0.15, -0.1) is 0 Å². The van der Waals surface area contributed by atoms with Crippen molar-refractivity contribution in [3.05, 3.63) is 35.9 Å². The summed E-state index contributed by atoms with van der Waals surface area (Å²) in [6.07, 6.45) is 2.07. The third-order valence-corrected chi connectivity index (χ3v) is 4.99. The molecule has 1 aromatic rings. The Morgan fingerprint density at radius 1 is 1.25 bits per heavy atom. The van der Waals surface area contributed by atoms with E-state index in [-0.39, 0.29) is 19.3 Å². The maximum Gasteiger partial charge on any atom is 0.313 e. The molecule has 0 fully saturated rings. The molecule has 0 aliphatic heterocycles. The molecule has 0 radical (unpaired) electrons. The first-order valence-corrected chi connectivity index (χ1v) is 9.06. The van der Waals surface area contributed by atoms with E-state index in [1.165, 1.54) is 11.8 Å². The molecule has 0 aliphatic rings. The fraction of sp³-hybridized carbons (Fsp3) is 0.444. The lowest BCUT2D eigenvalue weighted by molar-refractivity contribution is -0.159. The molecule has 0 amide bonds. The van der Waals surface area contributed by atoms with Crippen molar-refractivity contribution >= 4 is 40.1 Å². The molecular formula is C18H21NO3S2. The fourth-order valence-electron chi connectivity index (χ4n) is 1.86. The third-order valence-electron chi connectivity index (χ3n) is 3.33. The second-order valence-electron chi connectivity index (χ2n) is 5.55. The molecule has 24 heavy (non-hydrogen) atoms.